The van der Waals surface area contributed by atoms with Gasteiger partial charge in [-0.05, 0) is 71.0 Å². The van der Waals surface area contributed by atoms with Crippen LogP contribution in [0.25, 0.3) is 0 Å². The molecule has 0 unspecified atom stereocenters. The van der Waals surface area contributed by atoms with E-state index in [0.29, 0.717) is 24.2 Å². The molecule has 288 valence electrons. The van der Waals surface area contributed by atoms with Gasteiger partial charge in [0.05, 0.1) is 0 Å². The maximum atomic E-state index is 12.8. The topological polar surface area (TPSA) is 90.9 Å². The molecule has 0 aromatic rings. The number of aliphatic hydroxyl groups is 1. The second-order valence-electron chi connectivity index (χ2n) is 14.1. The van der Waals surface area contributed by atoms with Crippen molar-refractivity contribution >= 4 is 29.5 Å². The zero-order chi connectivity index (χ0) is 36.2. The second kappa shape index (κ2) is 36.1. The van der Waals surface area contributed by atoms with Crippen molar-refractivity contribution in [1.82, 2.24) is 15.5 Å². The maximum absolute atomic E-state index is 12.8. The van der Waals surface area contributed by atoms with E-state index in [9.17, 15) is 14.7 Å². The summed E-state index contributed by atoms with van der Waals surface area (Å²) in [5.74, 6) is -0.364. The Morgan fingerprint density at radius 3 is 1.57 bits per heavy atom. The first-order valence-electron chi connectivity index (χ1n) is 20.7. The summed E-state index contributed by atoms with van der Waals surface area (Å²) in [7, 11) is 1.64. The van der Waals surface area contributed by atoms with Gasteiger partial charge in [-0.2, -0.15) is 0 Å². The van der Waals surface area contributed by atoms with Crippen LogP contribution < -0.4 is 10.6 Å². The van der Waals surface area contributed by atoms with Crippen molar-refractivity contribution < 1.29 is 19.4 Å². The molecule has 0 heterocycles. The van der Waals surface area contributed by atoms with Gasteiger partial charge in [-0.1, -0.05) is 149 Å². The molecule has 8 heteroatoms. The zero-order valence-corrected chi connectivity index (χ0v) is 33.4. The smallest absolute Gasteiger partial charge is 0.306 e. The van der Waals surface area contributed by atoms with E-state index in [-0.39, 0.29) is 23.5 Å². The van der Waals surface area contributed by atoms with Gasteiger partial charge in [0.2, 0.25) is 0 Å². The molecule has 49 heavy (non-hydrogen) atoms. The SMILES string of the molecule is CCCCCCCCC(CCCCCCCC)OC(=O)CCCCCCCN(CCCCCCCC)CCCNC(=S)C(NC)=C(O)C=O. The Balaban J connectivity index is 4.49. The first-order valence-corrected chi connectivity index (χ1v) is 21.1. The molecular formula is C41H79N3O4S. The summed E-state index contributed by atoms with van der Waals surface area (Å²) >= 11 is 5.35. The lowest BCUT2D eigenvalue weighted by molar-refractivity contribution is -0.150. The van der Waals surface area contributed by atoms with E-state index >= 15 is 0 Å². The number of likely N-dealkylation sites (N-methyl/N-ethyl adjacent to an activating group) is 1. The first-order chi connectivity index (χ1) is 23.9. The number of aldehydes is 1. The van der Waals surface area contributed by atoms with Crippen LogP contribution in [0.3, 0.4) is 0 Å². The Kier molecular flexibility index (Phi) is 34.9. The number of esters is 1. The molecule has 0 aromatic carbocycles. The third-order valence-corrected chi connectivity index (χ3v) is 9.87. The van der Waals surface area contributed by atoms with Crippen LogP contribution in [0.15, 0.2) is 11.5 Å². The minimum atomic E-state index is -0.377. The molecule has 0 spiro atoms. The highest BCUT2D eigenvalue weighted by Gasteiger charge is 2.15. The summed E-state index contributed by atoms with van der Waals surface area (Å²) in [6.45, 7) is 10.7. The van der Waals surface area contributed by atoms with Gasteiger partial charge < -0.3 is 25.4 Å². The highest BCUT2D eigenvalue weighted by atomic mass is 32.1. The number of nitrogens with one attached hydrogen (secondary N) is 2. The number of thiocarbonyl (C=S) groups is 1. The largest absolute Gasteiger partial charge is 0.503 e. The second-order valence-corrected chi connectivity index (χ2v) is 14.5. The summed E-state index contributed by atoms with van der Waals surface area (Å²) in [6, 6.07) is 0. The molecule has 0 amide bonds. The number of ether oxygens (including phenoxy) is 1. The van der Waals surface area contributed by atoms with Gasteiger partial charge in [0.15, 0.2) is 12.0 Å². The molecule has 3 N–H and O–H groups in total. The Bertz CT molecular complexity index is 807. The quantitative estimate of drug-likeness (QED) is 0.0147. The van der Waals surface area contributed by atoms with Crippen LogP contribution in [-0.2, 0) is 14.3 Å². The van der Waals surface area contributed by atoms with E-state index in [0.717, 1.165) is 58.2 Å². The van der Waals surface area contributed by atoms with Gasteiger partial charge in [0.1, 0.15) is 16.8 Å². The summed E-state index contributed by atoms with van der Waals surface area (Å²) in [4.78, 5) is 26.6. The number of rotatable bonds is 37. The van der Waals surface area contributed by atoms with Crippen LogP contribution >= 0.6 is 12.2 Å². The lowest BCUT2D eigenvalue weighted by atomic mass is 10.0. The highest BCUT2D eigenvalue weighted by Crippen LogP contribution is 2.18. The van der Waals surface area contributed by atoms with E-state index in [1.807, 2.05) is 0 Å². The Hall–Kier alpha value is -1.67. The number of carbonyl (C=O) groups is 2. The molecule has 0 saturated carbocycles. The van der Waals surface area contributed by atoms with E-state index in [1.165, 1.54) is 128 Å². The molecule has 0 fully saturated rings. The monoisotopic (exact) mass is 710 g/mol. The van der Waals surface area contributed by atoms with Crippen molar-refractivity contribution in [3.05, 3.63) is 11.5 Å². The normalized spacial score (nSPS) is 12.0. The number of allylic oxidation sites excluding steroid dienone is 1. The number of unbranched alkanes of at least 4 members (excludes halogenated alkanes) is 19. The zero-order valence-electron chi connectivity index (χ0n) is 32.6. The third kappa shape index (κ3) is 29.7. The third-order valence-electron chi connectivity index (χ3n) is 9.52. The van der Waals surface area contributed by atoms with Gasteiger partial charge in [0, 0.05) is 20.0 Å². The molecule has 0 saturated heterocycles. The van der Waals surface area contributed by atoms with Crippen molar-refractivity contribution in [1.29, 1.82) is 0 Å². The molecule has 0 bridgehead atoms. The molecular weight excluding hydrogens is 631 g/mol. The van der Waals surface area contributed by atoms with Crippen LogP contribution in [0.4, 0.5) is 0 Å². The minimum Gasteiger partial charge on any atom is -0.503 e. The van der Waals surface area contributed by atoms with Crippen LogP contribution in [0.5, 0.6) is 0 Å². The molecule has 7 nitrogen and oxygen atoms in total. The van der Waals surface area contributed by atoms with Crippen LogP contribution in [0.2, 0.25) is 0 Å². The number of hydrogen-bond donors (Lipinski definition) is 3. The summed E-state index contributed by atoms with van der Waals surface area (Å²) in [6.07, 6.45) is 32.7. The maximum Gasteiger partial charge on any atom is 0.306 e. The van der Waals surface area contributed by atoms with E-state index in [4.69, 9.17) is 17.0 Å². The van der Waals surface area contributed by atoms with Gasteiger partial charge in [-0.3, -0.25) is 9.59 Å². The van der Waals surface area contributed by atoms with E-state index in [2.05, 4.69) is 36.3 Å². The van der Waals surface area contributed by atoms with Crippen LogP contribution in [0.1, 0.15) is 194 Å². The summed E-state index contributed by atoms with van der Waals surface area (Å²) in [5, 5.41) is 15.7. The molecule has 0 radical (unpaired) electrons. The first kappa shape index (κ1) is 47.3. The fourth-order valence-corrected chi connectivity index (χ4v) is 6.72. The number of nitrogens with zero attached hydrogens (tertiary/aromatic N) is 1. The van der Waals surface area contributed by atoms with Crippen molar-refractivity contribution in [3.63, 3.8) is 0 Å². The van der Waals surface area contributed by atoms with E-state index in [1.54, 1.807) is 7.05 Å². The number of carbonyl (C=O) groups excluding carboxylic acids is 2. The van der Waals surface area contributed by atoms with Gasteiger partial charge in [0.25, 0.3) is 0 Å². The molecule has 0 aliphatic heterocycles. The van der Waals surface area contributed by atoms with Gasteiger partial charge in [-0.15, -0.1) is 0 Å². The molecule has 0 aliphatic rings. The van der Waals surface area contributed by atoms with Gasteiger partial charge in [-0.25, -0.2) is 0 Å². The fraction of sp³-hybridized carbons (Fsp3) is 0.878. The number of hydrogen-bond acceptors (Lipinski definition) is 7. The number of aliphatic hydroxyl groups excluding tert-OH is 1. The standard InChI is InChI=1S/C41H79N3O4S/c1-5-8-11-14-18-23-29-37(30-24-19-15-12-9-6-2)48-39(47)31-25-20-17-22-27-34-44(33-26-21-16-13-10-7-3)35-28-32-43-41(49)40(42-4)38(46)36-45/h36-37,42,46H,5-35H2,1-4H3,(H,43,49). The minimum absolute atomic E-state index is 0.0128. The van der Waals surface area contributed by atoms with Crippen molar-refractivity contribution in [2.45, 2.75) is 200 Å². The Labute approximate surface area is 308 Å². The molecule has 0 rings (SSSR count). The average Bonchev–Trinajstić information content (AvgIpc) is 3.10. The predicted octanol–water partition coefficient (Wildman–Crippen LogP) is 10.9. The van der Waals surface area contributed by atoms with Crippen molar-refractivity contribution in [2.75, 3.05) is 33.2 Å². The van der Waals surface area contributed by atoms with Crippen LogP contribution in [-0.4, -0.2) is 66.6 Å². The predicted molar refractivity (Wildman–Crippen MR) is 213 cm³/mol. The lowest BCUT2D eigenvalue weighted by Crippen LogP contribution is -2.34. The molecule has 0 aromatic heterocycles. The average molecular weight is 710 g/mol. The van der Waals surface area contributed by atoms with Crippen LogP contribution in [0, 0.1) is 0 Å². The Morgan fingerprint density at radius 1 is 0.673 bits per heavy atom. The fourth-order valence-electron chi connectivity index (χ4n) is 6.41. The summed E-state index contributed by atoms with van der Waals surface area (Å²) < 4.78 is 6.04. The van der Waals surface area contributed by atoms with Crippen molar-refractivity contribution in [3.8, 4) is 0 Å². The highest BCUT2D eigenvalue weighted by molar-refractivity contribution is 7.80. The van der Waals surface area contributed by atoms with Gasteiger partial charge >= 0.3 is 5.97 Å². The Morgan fingerprint density at radius 2 is 1.10 bits per heavy atom. The molecule has 0 aliphatic carbocycles. The molecule has 0 atom stereocenters. The van der Waals surface area contributed by atoms with Crippen molar-refractivity contribution in [2.24, 2.45) is 0 Å². The lowest BCUT2D eigenvalue weighted by Gasteiger charge is -2.23. The summed E-state index contributed by atoms with van der Waals surface area (Å²) in [5.41, 5.74) is 0.267. The van der Waals surface area contributed by atoms with E-state index < -0.39 is 0 Å².